The van der Waals surface area contributed by atoms with E-state index in [-0.39, 0.29) is 60.5 Å². The molecule has 12 nitrogen and oxygen atoms in total. The molecule has 6 aromatic rings. The van der Waals surface area contributed by atoms with E-state index < -0.39 is 35.5 Å². The third kappa shape index (κ3) is 15.9. The van der Waals surface area contributed by atoms with Crippen LogP contribution in [-0.4, -0.2) is 96.5 Å². The highest BCUT2D eigenvalue weighted by molar-refractivity contribution is 6.30. The summed E-state index contributed by atoms with van der Waals surface area (Å²) in [5.41, 5.74) is 2.00. The van der Waals surface area contributed by atoms with Crippen LogP contribution in [0.1, 0.15) is 50.9 Å². The highest BCUT2D eigenvalue weighted by Gasteiger charge is 2.39. The van der Waals surface area contributed by atoms with Crippen LogP contribution in [0.4, 0.5) is 20.2 Å². The number of nitrogens with zero attached hydrogens (tertiary/aromatic N) is 4. The Morgan fingerprint density at radius 2 is 0.829 bits per heavy atom. The molecule has 76 heavy (non-hydrogen) atoms. The summed E-state index contributed by atoms with van der Waals surface area (Å²) < 4.78 is 39.4. The lowest BCUT2D eigenvalue weighted by atomic mass is 9.98. The second-order valence-electron chi connectivity index (χ2n) is 18.7. The molecule has 0 aromatic heterocycles. The first-order valence-electron chi connectivity index (χ1n) is 24.7. The minimum atomic E-state index is -1.00. The molecule has 0 aliphatic carbocycles. The van der Waals surface area contributed by atoms with E-state index in [1.54, 1.807) is 82.6 Å². The Kier molecular flexibility index (Phi) is 23.4. The molecule has 0 saturated carbocycles. The van der Waals surface area contributed by atoms with Gasteiger partial charge in [0, 0.05) is 62.7 Å². The third-order valence-corrected chi connectivity index (χ3v) is 13.4. The number of hydrogen-bond acceptors (Lipinski definition) is 8. The van der Waals surface area contributed by atoms with Crippen LogP contribution >= 0.6 is 48.0 Å². The van der Waals surface area contributed by atoms with Gasteiger partial charge >= 0.3 is 0 Å². The number of carbonyl (C=O) groups is 4. The van der Waals surface area contributed by atoms with E-state index in [4.69, 9.17) is 32.7 Å². The molecule has 2 aliphatic heterocycles. The number of halogens is 6. The van der Waals surface area contributed by atoms with Crippen molar-refractivity contribution in [2.24, 2.45) is 11.8 Å². The van der Waals surface area contributed by atoms with Crippen LogP contribution in [0.15, 0.2) is 158 Å². The van der Waals surface area contributed by atoms with E-state index >= 15 is 0 Å². The third-order valence-electron chi connectivity index (χ3n) is 13.0. The van der Waals surface area contributed by atoms with Gasteiger partial charge in [-0.1, -0.05) is 88.4 Å². The van der Waals surface area contributed by atoms with Crippen molar-refractivity contribution in [2.45, 2.75) is 51.9 Å². The number of carbonyl (C=O) groups excluding carboxylic acids is 4. The summed E-state index contributed by atoms with van der Waals surface area (Å²) in [6.45, 7) is 11.8. The normalized spacial score (nSPS) is 15.9. The number of ether oxygens (including phenoxy) is 2. The Labute approximate surface area is 466 Å². The fourth-order valence-electron chi connectivity index (χ4n) is 8.89. The molecular weight excluding hydrogens is 1060 g/mol. The van der Waals surface area contributed by atoms with Gasteiger partial charge < -0.3 is 29.9 Å². The fourth-order valence-corrected chi connectivity index (χ4v) is 9.15. The lowest BCUT2D eigenvalue weighted by Gasteiger charge is -2.40. The molecule has 6 aromatic carbocycles. The number of piperazine rings is 2. The number of anilines is 2. The molecule has 8 rings (SSSR count). The maximum Gasteiger partial charge on any atom is 0.250 e. The van der Waals surface area contributed by atoms with E-state index in [0.29, 0.717) is 96.6 Å². The van der Waals surface area contributed by atoms with E-state index in [9.17, 15) is 28.0 Å². The van der Waals surface area contributed by atoms with E-state index in [0.717, 1.165) is 0 Å². The molecule has 2 N–H and O–H groups in total. The molecule has 4 atom stereocenters. The molecule has 2 fully saturated rings. The predicted octanol–water partition coefficient (Wildman–Crippen LogP) is 11.6. The number of alkyl halides is 2. The van der Waals surface area contributed by atoms with Gasteiger partial charge in [-0.2, -0.15) is 0 Å². The molecule has 2 saturated heterocycles. The van der Waals surface area contributed by atoms with E-state index in [1.165, 1.54) is 34.1 Å². The predicted molar refractivity (Wildman–Crippen MR) is 302 cm³/mol. The van der Waals surface area contributed by atoms with Gasteiger partial charge in [-0.15, -0.1) is 48.0 Å². The van der Waals surface area contributed by atoms with Crippen LogP contribution in [0, 0.1) is 23.5 Å². The lowest BCUT2D eigenvalue weighted by Crippen LogP contribution is -2.57. The van der Waals surface area contributed by atoms with Crippen molar-refractivity contribution in [3.05, 3.63) is 180 Å². The van der Waals surface area contributed by atoms with Crippen LogP contribution in [0.25, 0.3) is 0 Å². The molecule has 404 valence electrons. The topological polar surface area (TPSA) is 124 Å². The van der Waals surface area contributed by atoms with E-state index in [2.05, 4.69) is 38.3 Å². The minimum Gasteiger partial charge on any atom is -0.457 e. The second kappa shape index (κ2) is 29.3. The summed E-state index contributed by atoms with van der Waals surface area (Å²) in [5, 5.41) is 6.90. The zero-order valence-corrected chi connectivity index (χ0v) is 45.8. The van der Waals surface area contributed by atoms with Crippen LogP contribution in [-0.2, 0) is 19.2 Å². The molecule has 0 spiro atoms. The molecule has 0 bridgehead atoms. The molecule has 2 heterocycles. The quantitative estimate of drug-likeness (QED) is 0.0919. The fraction of sp³-hybridized carbons (Fsp3) is 0.310. The Balaban J connectivity index is 0.000000274. The zero-order valence-electron chi connectivity index (χ0n) is 42.7. The largest absolute Gasteiger partial charge is 0.457 e. The average molecular weight is 1120 g/mol. The number of rotatable bonds is 16. The Bertz CT molecular complexity index is 2580. The summed E-state index contributed by atoms with van der Waals surface area (Å²) in [5.74, 6) is 0.381. The molecular formula is C58H64Cl4F2N6O6. The van der Waals surface area contributed by atoms with Crippen molar-refractivity contribution in [1.29, 1.82) is 0 Å². The molecule has 4 amide bonds. The molecule has 2 aliphatic rings. The summed E-state index contributed by atoms with van der Waals surface area (Å²) in [6, 6.07) is 42.2. The van der Waals surface area contributed by atoms with Crippen molar-refractivity contribution in [3.8, 4) is 23.0 Å². The van der Waals surface area contributed by atoms with Gasteiger partial charge in [-0.3, -0.25) is 29.0 Å². The number of benzene rings is 6. The molecule has 0 radical (unpaired) electrons. The van der Waals surface area contributed by atoms with Gasteiger partial charge in [0.25, 0.3) is 11.8 Å². The van der Waals surface area contributed by atoms with Crippen molar-refractivity contribution in [1.82, 2.24) is 20.4 Å². The van der Waals surface area contributed by atoms with Gasteiger partial charge in [-0.05, 0) is 120 Å². The smallest absolute Gasteiger partial charge is 0.250 e. The van der Waals surface area contributed by atoms with Crippen molar-refractivity contribution < 1.29 is 37.4 Å². The Morgan fingerprint density at radius 3 is 1.13 bits per heavy atom. The van der Waals surface area contributed by atoms with Gasteiger partial charge in [0.1, 0.15) is 58.5 Å². The maximum atomic E-state index is 14.0. The van der Waals surface area contributed by atoms with Crippen LogP contribution < -0.4 is 29.9 Å². The monoisotopic (exact) mass is 1120 g/mol. The number of nitrogens with one attached hydrogen (secondary N) is 2. The standard InChI is InChI=1S/2C29H31ClFN3O3.2ClH/c2*1-20(2)26-19-33(17-16-32-26)29(36)28(21-8-10-22(31)11-9-21)34(27(35)18-30)23-12-14-25(15-13-23)37-24-6-4-3-5-7-24;;/h2*3-15,20,26,28,32H,16-19H2,1-2H3;2*1H/t26-,28+;26-,28-;;/m00../s1. The summed E-state index contributed by atoms with van der Waals surface area (Å²) in [7, 11) is 0. The first-order chi connectivity index (χ1) is 35.7. The lowest BCUT2D eigenvalue weighted by molar-refractivity contribution is -0.136. The number of para-hydroxylation sites is 2. The minimum absolute atomic E-state index is 0. The van der Waals surface area contributed by atoms with Crippen LogP contribution in [0.2, 0.25) is 0 Å². The SMILES string of the molecule is CC(C)[C@@H]1CN(C(=O)[C@@H](c2ccc(F)cc2)N(C(=O)CCl)c2ccc(Oc3ccccc3)cc2)CCN1.CC(C)[C@@H]1CN(C(=O)[C@H](c2ccc(F)cc2)N(C(=O)CCl)c2ccc(Oc3ccccc3)cc2)CCN1.Cl.Cl. The Morgan fingerprint density at radius 1 is 0.513 bits per heavy atom. The van der Waals surface area contributed by atoms with Crippen molar-refractivity contribution >= 4 is 83.0 Å². The first kappa shape index (κ1) is 60.6. The maximum absolute atomic E-state index is 14.0. The first-order valence-corrected chi connectivity index (χ1v) is 25.8. The summed E-state index contributed by atoms with van der Waals surface area (Å²) in [4.78, 5) is 60.9. The Hall–Kier alpha value is -6.26. The highest BCUT2D eigenvalue weighted by atomic mass is 35.5. The average Bonchev–Trinajstić information content (AvgIpc) is 3.43. The summed E-state index contributed by atoms with van der Waals surface area (Å²) in [6.07, 6.45) is 0. The van der Waals surface area contributed by atoms with Crippen LogP contribution in [0.5, 0.6) is 23.0 Å². The van der Waals surface area contributed by atoms with Gasteiger partial charge in [0.05, 0.1) is 0 Å². The second-order valence-corrected chi connectivity index (χ2v) is 19.2. The number of amides is 4. The van der Waals surface area contributed by atoms with Crippen molar-refractivity contribution in [3.63, 3.8) is 0 Å². The van der Waals surface area contributed by atoms with E-state index in [1.807, 2.05) is 60.7 Å². The van der Waals surface area contributed by atoms with Gasteiger partial charge in [0.2, 0.25) is 11.8 Å². The zero-order chi connectivity index (χ0) is 52.7. The molecule has 18 heteroatoms. The van der Waals surface area contributed by atoms with Crippen molar-refractivity contribution in [2.75, 3.05) is 60.8 Å². The highest BCUT2D eigenvalue weighted by Crippen LogP contribution is 2.35. The summed E-state index contributed by atoms with van der Waals surface area (Å²) >= 11 is 12.1. The van der Waals surface area contributed by atoms with Crippen LogP contribution in [0.3, 0.4) is 0 Å². The number of hydrogen-bond donors (Lipinski definition) is 2. The molecule has 0 unspecified atom stereocenters. The van der Waals surface area contributed by atoms with Gasteiger partial charge in [-0.25, -0.2) is 8.78 Å². The van der Waals surface area contributed by atoms with Gasteiger partial charge in [0.15, 0.2) is 0 Å².